The van der Waals surface area contributed by atoms with Gasteiger partial charge >= 0.3 is 0 Å². The quantitative estimate of drug-likeness (QED) is 0.769. The Hall–Kier alpha value is -1.22. The van der Waals surface area contributed by atoms with E-state index in [2.05, 4.69) is 13.0 Å². The van der Waals surface area contributed by atoms with Crippen molar-refractivity contribution >= 4 is 17.5 Å². The second kappa shape index (κ2) is 6.64. The van der Waals surface area contributed by atoms with Crippen LogP contribution < -0.4 is 4.74 Å². The molecule has 0 radical (unpaired) electrons. The fraction of sp³-hybridized carbons (Fsp3) is 0.500. The monoisotopic (exact) mass is 269 g/mol. The Balaban J connectivity index is 2.74. The zero-order valence-electron chi connectivity index (χ0n) is 11.4. The van der Waals surface area contributed by atoms with Crippen LogP contribution >= 0.6 is 11.6 Å². The molecular weight excluding hydrogens is 250 g/mol. The van der Waals surface area contributed by atoms with Crippen molar-refractivity contribution in [2.45, 2.75) is 20.3 Å². The minimum absolute atomic E-state index is 0.0388. The second-order valence-electron chi connectivity index (χ2n) is 4.38. The molecule has 1 amide bonds. The average Bonchev–Trinajstić information content (AvgIpc) is 2.39. The van der Waals surface area contributed by atoms with Crippen LogP contribution in [-0.2, 0) is 11.2 Å². The van der Waals surface area contributed by atoms with E-state index in [9.17, 15) is 4.79 Å². The fourth-order valence-electron chi connectivity index (χ4n) is 1.86. The molecule has 0 N–H and O–H groups in total. The third-order valence-corrected chi connectivity index (χ3v) is 3.55. The molecule has 1 rings (SSSR count). The summed E-state index contributed by atoms with van der Waals surface area (Å²) in [6.45, 7) is 4.81. The molecule has 1 aromatic carbocycles. The Bertz CT molecular complexity index is 432. The van der Waals surface area contributed by atoms with Crippen LogP contribution in [0.25, 0.3) is 0 Å². The highest BCUT2D eigenvalue weighted by atomic mass is 35.5. The number of likely N-dealkylation sites (N-methyl/N-ethyl adjacent to an activating group) is 1. The summed E-state index contributed by atoms with van der Waals surface area (Å²) in [5.74, 6) is 0.901. The maximum Gasteiger partial charge on any atom is 0.237 e. The number of ether oxygens (including phenoxy) is 1. The normalized spacial score (nSPS) is 10.3. The molecule has 0 aliphatic carbocycles. The number of benzene rings is 1. The van der Waals surface area contributed by atoms with E-state index < -0.39 is 0 Å². The Morgan fingerprint density at radius 3 is 2.56 bits per heavy atom. The van der Waals surface area contributed by atoms with Gasteiger partial charge in [0.1, 0.15) is 11.6 Å². The van der Waals surface area contributed by atoms with Crippen molar-refractivity contribution in [2.24, 2.45) is 0 Å². The second-order valence-corrected chi connectivity index (χ2v) is 4.64. The predicted octanol–water partition coefficient (Wildman–Crippen LogP) is 2.55. The van der Waals surface area contributed by atoms with Gasteiger partial charge in [0, 0.05) is 13.6 Å². The summed E-state index contributed by atoms with van der Waals surface area (Å²) in [7, 11) is 3.45. The van der Waals surface area contributed by atoms with Gasteiger partial charge < -0.3 is 9.64 Å². The molecule has 1 aromatic rings. The van der Waals surface area contributed by atoms with E-state index in [-0.39, 0.29) is 11.8 Å². The molecule has 0 aliphatic rings. The number of amides is 1. The summed E-state index contributed by atoms with van der Waals surface area (Å²) < 4.78 is 5.28. The number of rotatable bonds is 5. The van der Waals surface area contributed by atoms with E-state index in [4.69, 9.17) is 16.3 Å². The van der Waals surface area contributed by atoms with E-state index in [0.717, 1.165) is 17.7 Å². The third-order valence-electron chi connectivity index (χ3n) is 3.33. The van der Waals surface area contributed by atoms with Crippen molar-refractivity contribution < 1.29 is 9.53 Å². The molecule has 0 saturated heterocycles. The molecule has 0 unspecified atom stereocenters. The molecule has 0 spiro atoms. The third kappa shape index (κ3) is 3.39. The van der Waals surface area contributed by atoms with E-state index in [1.165, 1.54) is 11.1 Å². The van der Waals surface area contributed by atoms with Crippen LogP contribution in [0.4, 0.5) is 0 Å². The molecule has 0 atom stereocenters. The van der Waals surface area contributed by atoms with Crippen LogP contribution in [0.1, 0.15) is 16.7 Å². The van der Waals surface area contributed by atoms with Crippen molar-refractivity contribution in [2.75, 3.05) is 26.6 Å². The van der Waals surface area contributed by atoms with Crippen molar-refractivity contribution in [3.05, 3.63) is 28.8 Å². The lowest BCUT2D eigenvalue weighted by Crippen LogP contribution is -2.29. The van der Waals surface area contributed by atoms with E-state index >= 15 is 0 Å². The predicted molar refractivity (Wildman–Crippen MR) is 74.5 cm³/mol. The minimum atomic E-state index is -0.0421. The van der Waals surface area contributed by atoms with Crippen LogP contribution in [0.5, 0.6) is 5.75 Å². The van der Waals surface area contributed by atoms with Crippen molar-refractivity contribution in [3.63, 3.8) is 0 Å². The Morgan fingerprint density at radius 2 is 2.00 bits per heavy atom. The van der Waals surface area contributed by atoms with E-state index in [1.54, 1.807) is 19.1 Å². The SMILES string of the molecule is COc1ccc(CCN(C)C(=O)CCl)c(C)c1C. The van der Waals surface area contributed by atoms with Gasteiger partial charge in [0.15, 0.2) is 0 Å². The van der Waals surface area contributed by atoms with Gasteiger partial charge in [-0.1, -0.05) is 6.07 Å². The number of hydrogen-bond donors (Lipinski definition) is 0. The van der Waals surface area contributed by atoms with Crippen LogP contribution in [0.15, 0.2) is 12.1 Å². The molecule has 100 valence electrons. The van der Waals surface area contributed by atoms with Crippen molar-refractivity contribution in [3.8, 4) is 5.75 Å². The average molecular weight is 270 g/mol. The van der Waals surface area contributed by atoms with Gasteiger partial charge in [0.25, 0.3) is 0 Å². The van der Waals surface area contributed by atoms with Crippen molar-refractivity contribution in [1.82, 2.24) is 4.90 Å². The summed E-state index contributed by atoms with van der Waals surface area (Å²) >= 11 is 5.52. The Morgan fingerprint density at radius 1 is 1.33 bits per heavy atom. The molecule has 0 fully saturated rings. The molecule has 0 aliphatic heterocycles. The molecule has 0 bridgehead atoms. The van der Waals surface area contributed by atoms with Gasteiger partial charge in [-0.05, 0) is 43.0 Å². The number of alkyl halides is 1. The summed E-state index contributed by atoms with van der Waals surface area (Å²) in [5, 5.41) is 0. The zero-order chi connectivity index (χ0) is 13.7. The van der Waals surface area contributed by atoms with Gasteiger partial charge in [0.05, 0.1) is 7.11 Å². The zero-order valence-corrected chi connectivity index (χ0v) is 12.2. The van der Waals surface area contributed by atoms with Crippen LogP contribution in [0.2, 0.25) is 0 Å². The number of halogens is 1. The van der Waals surface area contributed by atoms with Gasteiger partial charge in [-0.2, -0.15) is 0 Å². The molecule has 0 aromatic heterocycles. The fourth-order valence-corrected chi connectivity index (χ4v) is 2.06. The molecule has 0 saturated carbocycles. The Labute approximate surface area is 114 Å². The topological polar surface area (TPSA) is 29.5 Å². The largest absolute Gasteiger partial charge is 0.496 e. The number of carbonyl (C=O) groups excluding carboxylic acids is 1. The molecular formula is C14H20ClNO2. The van der Waals surface area contributed by atoms with Crippen molar-refractivity contribution in [1.29, 1.82) is 0 Å². The van der Waals surface area contributed by atoms with Crippen LogP contribution in [0, 0.1) is 13.8 Å². The lowest BCUT2D eigenvalue weighted by Gasteiger charge is -2.17. The summed E-state index contributed by atoms with van der Waals surface area (Å²) in [4.78, 5) is 13.0. The highest BCUT2D eigenvalue weighted by molar-refractivity contribution is 6.27. The van der Waals surface area contributed by atoms with Crippen LogP contribution in [-0.4, -0.2) is 37.4 Å². The number of methoxy groups -OCH3 is 1. The molecule has 18 heavy (non-hydrogen) atoms. The van der Waals surface area contributed by atoms with E-state index in [0.29, 0.717) is 6.54 Å². The highest BCUT2D eigenvalue weighted by Gasteiger charge is 2.10. The minimum Gasteiger partial charge on any atom is -0.496 e. The van der Waals surface area contributed by atoms with E-state index in [1.807, 2.05) is 13.0 Å². The number of nitrogens with zero attached hydrogens (tertiary/aromatic N) is 1. The maximum absolute atomic E-state index is 11.4. The lowest BCUT2D eigenvalue weighted by molar-refractivity contribution is -0.127. The summed E-state index contributed by atoms with van der Waals surface area (Å²) in [6, 6.07) is 4.03. The van der Waals surface area contributed by atoms with Gasteiger partial charge in [-0.15, -0.1) is 11.6 Å². The summed E-state index contributed by atoms with van der Waals surface area (Å²) in [6.07, 6.45) is 0.829. The Kier molecular flexibility index (Phi) is 5.48. The van der Waals surface area contributed by atoms with Gasteiger partial charge in [-0.25, -0.2) is 0 Å². The first-order chi connectivity index (χ1) is 8.51. The standard InChI is InChI=1S/C14H20ClNO2/c1-10-11(2)13(18-4)6-5-12(10)7-8-16(3)14(17)9-15/h5-6H,7-9H2,1-4H3. The van der Waals surface area contributed by atoms with Gasteiger partial charge in [0.2, 0.25) is 5.91 Å². The smallest absolute Gasteiger partial charge is 0.237 e. The first-order valence-electron chi connectivity index (χ1n) is 5.94. The maximum atomic E-state index is 11.4. The van der Waals surface area contributed by atoms with Gasteiger partial charge in [-0.3, -0.25) is 4.79 Å². The number of carbonyl (C=O) groups is 1. The first kappa shape index (κ1) is 14.8. The van der Waals surface area contributed by atoms with Crippen LogP contribution in [0.3, 0.4) is 0 Å². The highest BCUT2D eigenvalue weighted by Crippen LogP contribution is 2.24. The summed E-state index contributed by atoms with van der Waals surface area (Å²) in [5.41, 5.74) is 3.62. The molecule has 4 heteroatoms. The number of hydrogen-bond acceptors (Lipinski definition) is 2. The first-order valence-corrected chi connectivity index (χ1v) is 6.47. The molecule has 0 heterocycles. The lowest BCUT2D eigenvalue weighted by atomic mass is 10.00. The molecule has 3 nitrogen and oxygen atoms in total.